The number of nitro benzene ring substituents is 1. The van der Waals surface area contributed by atoms with Crippen molar-refractivity contribution in [3.05, 3.63) is 51.6 Å². The van der Waals surface area contributed by atoms with Gasteiger partial charge in [0.2, 0.25) is 5.75 Å². The molecule has 0 saturated heterocycles. The Morgan fingerprint density at radius 3 is 2.04 bits per heavy atom. The fourth-order valence-corrected chi connectivity index (χ4v) is 1.70. The van der Waals surface area contributed by atoms with Crippen molar-refractivity contribution in [1.29, 1.82) is 10.5 Å². The highest BCUT2D eigenvalue weighted by Gasteiger charge is 2.19. The molecule has 0 heterocycles. The lowest BCUT2D eigenvalue weighted by molar-refractivity contribution is -0.386. The summed E-state index contributed by atoms with van der Waals surface area (Å²) in [5.74, 6) is -0.289. The minimum Gasteiger partial charge on any atom is -0.504 e. The van der Waals surface area contributed by atoms with Crippen LogP contribution in [0.2, 0.25) is 0 Å². The maximum absolute atomic E-state index is 10.4. The van der Waals surface area contributed by atoms with Crippen LogP contribution in [0.3, 0.4) is 0 Å². The molecule has 128 valence electrons. The highest BCUT2D eigenvalue weighted by molar-refractivity contribution is 5.59. The van der Waals surface area contributed by atoms with E-state index in [0.717, 1.165) is 6.07 Å². The molecule has 0 radical (unpaired) electrons. The molecule has 0 aliphatic heterocycles. The van der Waals surface area contributed by atoms with Crippen molar-refractivity contribution in [2.75, 3.05) is 14.2 Å². The summed E-state index contributed by atoms with van der Waals surface area (Å²) in [6.45, 7) is 0. The van der Waals surface area contributed by atoms with E-state index in [1.165, 1.54) is 38.5 Å². The zero-order chi connectivity index (χ0) is 19.0. The lowest BCUT2D eigenvalue weighted by Crippen LogP contribution is -1.93. The third-order valence-electron chi connectivity index (χ3n) is 2.91. The molecule has 2 N–H and O–H groups in total. The second-order valence-electron chi connectivity index (χ2n) is 4.41. The largest absolute Gasteiger partial charge is 0.504 e. The first-order valence-corrected chi connectivity index (χ1v) is 6.60. The van der Waals surface area contributed by atoms with Crippen LogP contribution in [0.5, 0.6) is 23.0 Å². The Kier molecular flexibility index (Phi) is 6.56. The molecule has 0 amide bonds. The summed E-state index contributed by atoms with van der Waals surface area (Å²) < 4.78 is 9.46. The zero-order valence-corrected chi connectivity index (χ0v) is 13.3. The molecular weight excluding hydrogens is 330 g/mol. The van der Waals surface area contributed by atoms with Gasteiger partial charge in [0, 0.05) is 18.2 Å². The predicted molar refractivity (Wildman–Crippen MR) is 85.4 cm³/mol. The van der Waals surface area contributed by atoms with Crippen molar-refractivity contribution in [2.24, 2.45) is 0 Å². The Morgan fingerprint density at radius 1 is 1.00 bits per heavy atom. The average molecular weight is 343 g/mol. The number of phenolic OH excluding ortho intramolecular Hbond substituents is 2. The van der Waals surface area contributed by atoms with Gasteiger partial charge in [-0.3, -0.25) is 10.1 Å². The maximum Gasteiger partial charge on any atom is 0.315 e. The van der Waals surface area contributed by atoms with E-state index in [9.17, 15) is 15.2 Å². The fraction of sp³-hybridized carbons (Fsp3) is 0.125. The molecule has 2 aromatic rings. The van der Waals surface area contributed by atoms with E-state index < -0.39 is 16.4 Å². The van der Waals surface area contributed by atoms with E-state index in [1.807, 2.05) is 6.07 Å². The zero-order valence-electron chi connectivity index (χ0n) is 13.3. The van der Waals surface area contributed by atoms with Crippen LogP contribution in [0.15, 0.2) is 30.3 Å². The lowest BCUT2D eigenvalue weighted by Gasteiger charge is -2.03. The topological polar surface area (TPSA) is 150 Å². The summed E-state index contributed by atoms with van der Waals surface area (Å²) in [6.07, 6.45) is 0. The van der Waals surface area contributed by atoms with Crippen LogP contribution in [0.4, 0.5) is 5.69 Å². The molecule has 0 atom stereocenters. The van der Waals surface area contributed by atoms with Crippen molar-refractivity contribution >= 4 is 5.69 Å². The average Bonchev–Trinajstić information content (AvgIpc) is 2.62. The van der Waals surface area contributed by atoms with E-state index in [0.29, 0.717) is 11.3 Å². The lowest BCUT2D eigenvalue weighted by atomic mass is 10.2. The second-order valence-corrected chi connectivity index (χ2v) is 4.41. The highest BCUT2D eigenvalue weighted by atomic mass is 16.6. The third-order valence-corrected chi connectivity index (χ3v) is 2.91. The van der Waals surface area contributed by atoms with Gasteiger partial charge in [-0.1, -0.05) is 0 Å². The van der Waals surface area contributed by atoms with Crippen molar-refractivity contribution in [1.82, 2.24) is 0 Å². The Labute approximate surface area is 142 Å². The molecule has 25 heavy (non-hydrogen) atoms. The Morgan fingerprint density at radius 2 is 1.56 bits per heavy atom. The molecule has 0 bridgehead atoms. The van der Waals surface area contributed by atoms with E-state index in [4.69, 9.17) is 20.4 Å². The number of phenols is 2. The predicted octanol–water partition coefficient (Wildman–Crippen LogP) is 2.45. The number of nitriles is 2. The first-order valence-electron chi connectivity index (χ1n) is 6.60. The monoisotopic (exact) mass is 343 g/mol. The minimum absolute atomic E-state index is 0.0477. The fourth-order valence-electron chi connectivity index (χ4n) is 1.70. The number of aromatic hydroxyl groups is 2. The summed E-state index contributed by atoms with van der Waals surface area (Å²) in [5.41, 5.74) is -0.00750. The molecular formula is C16H13N3O6. The molecule has 0 unspecified atom stereocenters. The number of rotatable bonds is 3. The van der Waals surface area contributed by atoms with Crippen molar-refractivity contribution in [2.45, 2.75) is 0 Å². The van der Waals surface area contributed by atoms with Crippen LogP contribution < -0.4 is 9.47 Å². The quantitative estimate of drug-likeness (QED) is 0.637. The van der Waals surface area contributed by atoms with Crippen molar-refractivity contribution in [3.8, 4) is 35.1 Å². The van der Waals surface area contributed by atoms with Crippen LogP contribution in [-0.4, -0.2) is 29.4 Å². The van der Waals surface area contributed by atoms with Crippen LogP contribution >= 0.6 is 0 Å². The standard InChI is InChI=1S/C8H6N2O4.C8H7NO2/c1-14-7-3-5(4-9)2-6(8(7)11)10(12)13;1-11-8-4-6(5-9)2-3-7(8)10/h2-3,11H,1H3;2-4,10H,1H3. The molecule has 0 aliphatic carbocycles. The minimum atomic E-state index is -0.779. The summed E-state index contributed by atoms with van der Waals surface area (Å²) in [5, 5.41) is 45.8. The van der Waals surface area contributed by atoms with Crippen LogP contribution in [0.25, 0.3) is 0 Å². The van der Waals surface area contributed by atoms with Crippen LogP contribution in [-0.2, 0) is 0 Å². The van der Waals surface area contributed by atoms with Gasteiger partial charge in [0.25, 0.3) is 0 Å². The number of benzene rings is 2. The molecule has 9 heteroatoms. The van der Waals surface area contributed by atoms with Gasteiger partial charge in [0.15, 0.2) is 17.2 Å². The third kappa shape index (κ3) is 4.74. The highest BCUT2D eigenvalue weighted by Crippen LogP contribution is 2.36. The Balaban J connectivity index is 0.000000257. The van der Waals surface area contributed by atoms with E-state index >= 15 is 0 Å². The first-order chi connectivity index (χ1) is 11.9. The number of nitrogens with zero attached hydrogens (tertiary/aromatic N) is 3. The summed E-state index contributed by atoms with van der Waals surface area (Å²) in [4.78, 5) is 9.66. The smallest absolute Gasteiger partial charge is 0.315 e. The molecule has 0 saturated carbocycles. The Hall–Kier alpha value is -3.98. The number of ether oxygens (including phenoxy) is 2. The second kappa shape index (κ2) is 8.60. The molecule has 2 rings (SSSR count). The summed E-state index contributed by atoms with van der Waals surface area (Å²) in [7, 11) is 2.69. The maximum atomic E-state index is 10.4. The SMILES string of the molecule is COc1cc(C#N)cc([N+](=O)[O-])c1O.COc1cc(C#N)ccc1O. The van der Waals surface area contributed by atoms with Gasteiger partial charge in [-0.2, -0.15) is 10.5 Å². The van der Waals surface area contributed by atoms with Gasteiger partial charge >= 0.3 is 5.69 Å². The van der Waals surface area contributed by atoms with Crippen LogP contribution in [0, 0.1) is 32.8 Å². The van der Waals surface area contributed by atoms with E-state index in [1.54, 1.807) is 6.07 Å². The number of nitro groups is 1. The Bertz CT molecular complexity index is 867. The molecule has 2 aromatic carbocycles. The van der Waals surface area contributed by atoms with Gasteiger partial charge in [-0.15, -0.1) is 0 Å². The number of hydrogen-bond donors (Lipinski definition) is 2. The summed E-state index contributed by atoms with van der Waals surface area (Å²) >= 11 is 0. The number of hydrogen-bond acceptors (Lipinski definition) is 8. The van der Waals surface area contributed by atoms with Gasteiger partial charge in [-0.25, -0.2) is 0 Å². The molecule has 0 aromatic heterocycles. The van der Waals surface area contributed by atoms with E-state index in [-0.39, 0.29) is 17.1 Å². The van der Waals surface area contributed by atoms with Gasteiger partial charge in [0.1, 0.15) is 0 Å². The van der Waals surface area contributed by atoms with Gasteiger partial charge in [-0.05, 0) is 12.1 Å². The molecule has 0 aliphatic rings. The van der Waals surface area contributed by atoms with Gasteiger partial charge < -0.3 is 19.7 Å². The normalized spacial score (nSPS) is 8.96. The van der Waals surface area contributed by atoms with Crippen LogP contribution in [0.1, 0.15) is 11.1 Å². The molecule has 9 nitrogen and oxygen atoms in total. The molecule has 0 fully saturated rings. The summed E-state index contributed by atoms with van der Waals surface area (Å²) in [6, 6.07) is 10.3. The van der Waals surface area contributed by atoms with Gasteiger partial charge in [0.05, 0.1) is 42.4 Å². The number of methoxy groups -OCH3 is 2. The van der Waals surface area contributed by atoms with Crippen molar-refractivity contribution in [3.63, 3.8) is 0 Å². The first kappa shape index (κ1) is 19.1. The van der Waals surface area contributed by atoms with Crippen molar-refractivity contribution < 1.29 is 24.6 Å². The van der Waals surface area contributed by atoms with E-state index in [2.05, 4.69) is 4.74 Å². The molecule has 0 spiro atoms.